The van der Waals surface area contributed by atoms with Crippen molar-refractivity contribution in [3.63, 3.8) is 0 Å². The van der Waals surface area contributed by atoms with Gasteiger partial charge in [-0.25, -0.2) is 0 Å². The van der Waals surface area contributed by atoms with Crippen LogP contribution in [0, 0.1) is 0 Å². The summed E-state index contributed by atoms with van der Waals surface area (Å²) in [7, 11) is -4.14. The average Bonchev–Trinajstić information content (AvgIpc) is 2.17. The van der Waals surface area contributed by atoms with E-state index in [-0.39, 0.29) is 10.9 Å². The van der Waals surface area contributed by atoms with E-state index in [1.165, 1.54) is 12.1 Å². The first-order valence-electron chi connectivity index (χ1n) is 4.82. The fourth-order valence-electron chi connectivity index (χ4n) is 1.14. The fourth-order valence-corrected chi connectivity index (χ4v) is 1.62. The van der Waals surface area contributed by atoms with E-state index in [1.807, 2.05) is 13.8 Å². The molecule has 1 aromatic carbocycles. The van der Waals surface area contributed by atoms with Crippen LogP contribution in [0.25, 0.3) is 0 Å². The van der Waals surface area contributed by atoms with Gasteiger partial charge < -0.3 is 5.21 Å². The van der Waals surface area contributed by atoms with Crippen LogP contribution in [-0.4, -0.2) is 29.3 Å². The summed E-state index contributed by atoms with van der Waals surface area (Å²) in [5.74, 6) is 0. The largest absolute Gasteiger partial charge is 0.313 e. The monoisotopic (exact) mass is 245 g/mol. The van der Waals surface area contributed by atoms with Crippen LogP contribution in [-0.2, 0) is 16.7 Å². The maximum Gasteiger partial charge on any atom is 0.294 e. The number of nitrogens with zero attached hydrogens (tertiary/aromatic N) is 1. The van der Waals surface area contributed by atoms with Gasteiger partial charge in [0.1, 0.15) is 0 Å². The minimum Gasteiger partial charge on any atom is -0.313 e. The van der Waals surface area contributed by atoms with Gasteiger partial charge in [0.25, 0.3) is 10.1 Å². The highest BCUT2D eigenvalue weighted by Crippen LogP contribution is 2.12. The van der Waals surface area contributed by atoms with Crippen LogP contribution in [0.1, 0.15) is 19.4 Å². The smallest absolute Gasteiger partial charge is 0.294 e. The third-order valence-corrected chi connectivity index (χ3v) is 3.03. The van der Waals surface area contributed by atoms with Gasteiger partial charge in [-0.1, -0.05) is 12.1 Å². The molecule has 0 bridgehead atoms. The highest BCUT2D eigenvalue weighted by molar-refractivity contribution is 7.85. The molecule has 90 valence electrons. The highest BCUT2D eigenvalue weighted by Gasteiger charge is 2.10. The second kappa shape index (κ2) is 4.92. The third-order valence-electron chi connectivity index (χ3n) is 2.16. The topological polar surface area (TPSA) is 77.8 Å². The van der Waals surface area contributed by atoms with Crippen LogP contribution in [0.3, 0.4) is 0 Å². The van der Waals surface area contributed by atoms with Crippen LogP contribution >= 0.6 is 0 Å². The summed E-state index contributed by atoms with van der Waals surface area (Å²) < 4.78 is 30.3. The van der Waals surface area contributed by atoms with E-state index in [2.05, 4.69) is 0 Å². The Bertz CT molecular complexity index is 438. The van der Waals surface area contributed by atoms with Gasteiger partial charge in [-0.05, 0) is 31.5 Å². The van der Waals surface area contributed by atoms with Crippen molar-refractivity contribution in [3.05, 3.63) is 29.8 Å². The molecule has 0 aliphatic heterocycles. The maximum absolute atomic E-state index is 10.8. The molecule has 0 spiro atoms. The van der Waals surface area contributed by atoms with Crippen molar-refractivity contribution in [2.45, 2.75) is 31.3 Å². The summed E-state index contributed by atoms with van der Waals surface area (Å²) in [5.41, 5.74) is 0.767. The highest BCUT2D eigenvalue weighted by atomic mass is 32.2. The molecule has 0 radical (unpaired) electrons. The Balaban J connectivity index is 2.80. The van der Waals surface area contributed by atoms with Crippen LogP contribution in [0.2, 0.25) is 0 Å². The molecule has 0 saturated carbocycles. The molecule has 0 heterocycles. The standard InChI is InChI=1S/C10H15NO4S/c1-8(2)11(12)7-9-3-5-10(6-4-9)16(13,14)15/h3-6,8,12H,7H2,1-2H3,(H,13,14,15). The van der Waals surface area contributed by atoms with Gasteiger partial charge >= 0.3 is 0 Å². The predicted octanol–water partition coefficient (Wildman–Crippen LogP) is 1.53. The summed E-state index contributed by atoms with van der Waals surface area (Å²) >= 11 is 0. The number of hydroxylamine groups is 2. The van der Waals surface area contributed by atoms with E-state index in [9.17, 15) is 13.6 Å². The van der Waals surface area contributed by atoms with Crippen molar-refractivity contribution in [1.29, 1.82) is 0 Å². The van der Waals surface area contributed by atoms with Gasteiger partial charge in [0.15, 0.2) is 0 Å². The Morgan fingerprint density at radius 3 is 2.12 bits per heavy atom. The van der Waals surface area contributed by atoms with Crippen molar-refractivity contribution in [2.75, 3.05) is 0 Å². The Morgan fingerprint density at radius 2 is 1.75 bits per heavy atom. The van der Waals surface area contributed by atoms with Crippen molar-refractivity contribution in [1.82, 2.24) is 5.06 Å². The van der Waals surface area contributed by atoms with Crippen LogP contribution < -0.4 is 0 Å². The molecule has 0 aliphatic rings. The summed E-state index contributed by atoms with van der Waals surface area (Å²) in [6.45, 7) is 3.99. The molecule has 0 unspecified atom stereocenters. The van der Waals surface area contributed by atoms with Crippen molar-refractivity contribution < 1.29 is 18.2 Å². The zero-order chi connectivity index (χ0) is 12.3. The molecule has 0 atom stereocenters. The first kappa shape index (κ1) is 13.1. The van der Waals surface area contributed by atoms with Gasteiger partial charge in [-0.15, -0.1) is 0 Å². The van der Waals surface area contributed by atoms with Crippen molar-refractivity contribution >= 4 is 10.1 Å². The van der Waals surface area contributed by atoms with E-state index >= 15 is 0 Å². The molecule has 1 rings (SSSR count). The molecule has 1 aromatic rings. The predicted molar refractivity (Wildman–Crippen MR) is 58.7 cm³/mol. The lowest BCUT2D eigenvalue weighted by Gasteiger charge is -2.18. The Kier molecular flexibility index (Phi) is 4.03. The molecular formula is C10H15NO4S. The number of hydrogen-bond donors (Lipinski definition) is 2. The third kappa shape index (κ3) is 3.57. The zero-order valence-electron chi connectivity index (χ0n) is 9.16. The second-order valence-corrected chi connectivity index (χ2v) is 5.23. The summed E-state index contributed by atoms with van der Waals surface area (Å²) in [5, 5.41) is 10.6. The molecule has 0 fully saturated rings. The van der Waals surface area contributed by atoms with E-state index in [1.54, 1.807) is 12.1 Å². The Labute approximate surface area is 95.0 Å². The Hall–Kier alpha value is -0.950. The van der Waals surface area contributed by atoms with Crippen LogP contribution in [0.5, 0.6) is 0 Å². The van der Waals surface area contributed by atoms with E-state index in [0.29, 0.717) is 6.54 Å². The van der Waals surface area contributed by atoms with Crippen LogP contribution in [0.15, 0.2) is 29.2 Å². The number of rotatable bonds is 4. The molecular weight excluding hydrogens is 230 g/mol. The van der Waals surface area contributed by atoms with Gasteiger partial charge in [0.05, 0.1) is 4.90 Å². The summed E-state index contributed by atoms with van der Waals surface area (Å²) in [4.78, 5) is -0.148. The van der Waals surface area contributed by atoms with E-state index in [4.69, 9.17) is 4.55 Å². The quantitative estimate of drug-likeness (QED) is 0.621. The van der Waals surface area contributed by atoms with Crippen molar-refractivity contribution in [2.24, 2.45) is 0 Å². The minimum atomic E-state index is -4.14. The normalized spacial score (nSPS) is 12.4. The maximum atomic E-state index is 10.8. The average molecular weight is 245 g/mol. The van der Waals surface area contributed by atoms with Gasteiger partial charge in [-0.3, -0.25) is 4.55 Å². The van der Waals surface area contributed by atoms with Crippen LogP contribution in [0.4, 0.5) is 0 Å². The van der Waals surface area contributed by atoms with Gasteiger partial charge in [-0.2, -0.15) is 13.5 Å². The first-order valence-corrected chi connectivity index (χ1v) is 6.26. The summed E-state index contributed by atoms with van der Waals surface area (Å²) in [6.07, 6.45) is 0. The molecule has 0 aromatic heterocycles. The van der Waals surface area contributed by atoms with E-state index < -0.39 is 10.1 Å². The molecule has 0 aliphatic carbocycles. The number of hydrogen-bond acceptors (Lipinski definition) is 4. The van der Waals surface area contributed by atoms with Gasteiger partial charge in [0, 0.05) is 12.6 Å². The molecule has 2 N–H and O–H groups in total. The first-order chi connectivity index (χ1) is 7.30. The summed E-state index contributed by atoms with van der Waals surface area (Å²) in [6, 6.07) is 5.70. The lowest BCUT2D eigenvalue weighted by molar-refractivity contribution is -0.125. The fraction of sp³-hybridized carbons (Fsp3) is 0.400. The molecule has 0 amide bonds. The van der Waals surface area contributed by atoms with E-state index in [0.717, 1.165) is 10.6 Å². The Morgan fingerprint density at radius 1 is 1.25 bits per heavy atom. The minimum absolute atomic E-state index is 0.0127. The molecule has 5 nitrogen and oxygen atoms in total. The molecule has 0 saturated heterocycles. The van der Waals surface area contributed by atoms with Gasteiger partial charge in [0.2, 0.25) is 0 Å². The second-order valence-electron chi connectivity index (χ2n) is 3.81. The lowest BCUT2D eigenvalue weighted by atomic mass is 10.2. The molecule has 6 heteroatoms. The SMILES string of the molecule is CC(C)N(O)Cc1ccc(S(=O)(=O)O)cc1. The zero-order valence-corrected chi connectivity index (χ0v) is 9.98. The number of benzene rings is 1. The lowest BCUT2D eigenvalue weighted by Crippen LogP contribution is -2.26. The van der Waals surface area contributed by atoms with Crippen molar-refractivity contribution in [3.8, 4) is 0 Å². The molecule has 16 heavy (non-hydrogen) atoms.